The molecule has 0 aliphatic heterocycles. The van der Waals surface area contributed by atoms with E-state index in [0.29, 0.717) is 12.3 Å². The first kappa shape index (κ1) is 12.6. The largest absolute Gasteiger partial charge is 0.369 e. The van der Waals surface area contributed by atoms with Crippen LogP contribution in [0, 0.1) is 5.92 Å². The molecule has 4 nitrogen and oxygen atoms in total. The van der Waals surface area contributed by atoms with Gasteiger partial charge in [0.1, 0.15) is 5.25 Å². The summed E-state index contributed by atoms with van der Waals surface area (Å²) < 4.78 is 19.3. The fraction of sp³-hybridized carbons (Fsp3) is 0.875. The minimum Gasteiger partial charge on any atom is -0.369 e. The van der Waals surface area contributed by atoms with Gasteiger partial charge in [-0.25, -0.2) is 4.21 Å². The topological polar surface area (TPSA) is 80.4 Å². The van der Waals surface area contributed by atoms with Crippen LogP contribution in [-0.4, -0.2) is 19.9 Å². The van der Waals surface area contributed by atoms with Crippen molar-refractivity contribution in [1.82, 2.24) is 0 Å². The third-order valence-electron chi connectivity index (χ3n) is 1.81. The number of rotatable bonds is 6. The lowest BCUT2D eigenvalue weighted by Gasteiger charge is -2.09. The molecule has 0 aliphatic rings. The number of carbonyl (C=O) groups is 1. The van der Waals surface area contributed by atoms with Crippen molar-refractivity contribution in [3.63, 3.8) is 0 Å². The highest BCUT2D eigenvalue weighted by molar-refractivity contribution is 7.80. The van der Waals surface area contributed by atoms with E-state index in [2.05, 4.69) is 13.8 Å². The summed E-state index contributed by atoms with van der Waals surface area (Å²) in [7, 11) is 0. The maximum Gasteiger partial charge on any atom is 0.235 e. The van der Waals surface area contributed by atoms with Gasteiger partial charge >= 0.3 is 0 Å². The van der Waals surface area contributed by atoms with Crippen LogP contribution in [0.1, 0.15) is 33.1 Å². The molecule has 78 valence electrons. The first-order chi connectivity index (χ1) is 5.95. The monoisotopic (exact) mass is 207 g/mol. The number of amides is 1. The van der Waals surface area contributed by atoms with Gasteiger partial charge in [-0.2, -0.15) is 0 Å². The average molecular weight is 207 g/mol. The molecule has 0 aromatic heterocycles. The SMILES string of the molecule is CC(C)CCCC(C(N)=O)S(=O)O. The van der Waals surface area contributed by atoms with Crippen molar-refractivity contribution in [2.24, 2.45) is 11.7 Å². The minimum atomic E-state index is -2.12. The third kappa shape index (κ3) is 5.76. The van der Waals surface area contributed by atoms with Gasteiger partial charge in [-0.05, 0) is 12.3 Å². The van der Waals surface area contributed by atoms with Crippen LogP contribution in [0.25, 0.3) is 0 Å². The Morgan fingerprint density at radius 3 is 2.31 bits per heavy atom. The standard InChI is InChI=1S/C8H17NO3S/c1-6(2)4-3-5-7(8(9)10)13(11)12/h6-7H,3-5H2,1-2H3,(H2,9,10)(H,11,12). The van der Waals surface area contributed by atoms with Crippen LogP contribution in [-0.2, 0) is 15.9 Å². The maximum absolute atomic E-state index is 10.7. The molecule has 0 aromatic carbocycles. The molecule has 2 unspecified atom stereocenters. The second-order valence-corrected chi connectivity index (χ2v) is 4.61. The predicted octanol–water partition coefficient (Wildman–Crippen LogP) is 0.888. The molecule has 0 heterocycles. The number of carbonyl (C=O) groups excluding carboxylic acids is 1. The Balaban J connectivity index is 3.84. The fourth-order valence-electron chi connectivity index (χ4n) is 1.05. The zero-order chi connectivity index (χ0) is 10.4. The van der Waals surface area contributed by atoms with E-state index in [0.717, 1.165) is 12.8 Å². The van der Waals surface area contributed by atoms with Crippen molar-refractivity contribution in [3.8, 4) is 0 Å². The first-order valence-electron chi connectivity index (χ1n) is 4.34. The number of hydrogen-bond donors (Lipinski definition) is 2. The van der Waals surface area contributed by atoms with Crippen LogP contribution < -0.4 is 5.73 Å². The van der Waals surface area contributed by atoms with Gasteiger partial charge in [-0.15, -0.1) is 0 Å². The quantitative estimate of drug-likeness (QED) is 0.635. The molecule has 0 aliphatic carbocycles. The molecular formula is C8H17NO3S. The van der Waals surface area contributed by atoms with Crippen LogP contribution in [0.2, 0.25) is 0 Å². The lowest BCUT2D eigenvalue weighted by molar-refractivity contribution is -0.117. The second kappa shape index (κ2) is 6.10. The van der Waals surface area contributed by atoms with E-state index in [9.17, 15) is 9.00 Å². The predicted molar refractivity (Wildman–Crippen MR) is 52.4 cm³/mol. The fourth-order valence-corrected chi connectivity index (χ4v) is 1.62. The van der Waals surface area contributed by atoms with E-state index in [1.807, 2.05) is 0 Å². The third-order valence-corrected chi connectivity index (χ3v) is 2.76. The Kier molecular flexibility index (Phi) is 5.90. The molecule has 0 fully saturated rings. The summed E-state index contributed by atoms with van der Waals surface area (Å²) in [5.74, 6) is -0.148. The van der Waals surface area contributed by atoms with Gasteiger partial charge in [-0.1, -0.05) is 26.7 Å². The Morgan fingerprint density at radius 2 is 2.00 bits per heavy atom. The minimum absolute atomic E-state index is 0.399. The Bertz CT molecular complexity index is 180. The summed E-state index contributed by atoms with van der Waals surface area (Å²) in [6.07, 6.45) is 2.11. The van der Waals surface area contributed by atoms with Crippen LogP contribution in [0.5, 0.6) is 0 Å². The Labute approximate surface area is 81.2 Å². The maximum atomic E-state index is 10.7. The molecule has 13 heavy (non-hydrogen) atoms. The molecule has 0 saturated carbocycles. The first-order valence-corrected chi connectivity index (χ1v) is 5.51. The van der Waals surface area contributed by atoms with Gasteiger partial charge in [0.05, 0.1) is 0 Å². The zero-order valence-electron chi connectivity index (χ0n) is 8.03. The van der Waals surface area contributed by atoms with Gasteiger partial charge in [0.25, 0.3) is 0 Å². The highest BCUT2D eigenvalue weighted by Crippen LogP contribution is 2.10. The molecule has 0 spiro atoms. The molecule has 2 atom stereocenters. The van der Waals surface area contributed by atoms with E-state index < -0.39 is 22.2 Å². The van der Waals surface area contributed by atoms with E-state index in [-0.39, 0.29) is 0 Å². The molecule has 0 saturated heterocycles. The Morgan fingerprint density at radius 1 is 1.46 bits per heavy atom. The van der Waals surface area contributed by atoms with Gasteiger partial charge in [0, 0.05) is 0 Å². The molecule has 5 heteroatoms. The summed E-state index contributed by atoms with van der Waals surface area (Å²) in [6.45, 7) is 4.13. The van der Waals surface area contributed by atoms with Crippen molar-refractivity contribution in [1.29, 1.82) is 0 Å². The zero-order valence-corrected chi connectivity index (χ0v) is 8.84. The summed E-state index contributed by atoms with van der Waals surface area (Å²) in [5, 5.41) is -0.904. The molecule has 1 amide bonds. The van der Waals surface area contributed by atoms with Crippen LogP contribution >= 0.6 is 0 Å². The molecular weight excluding hydrogens is 190 g/mol. The number of hydrogen-bond acceptors (Lipinski definition) is 2. The Hall–Kier alpha value is -0.420. The van der Waals surface area contributed by atoms with Gasteiger partial charge < -0.3 is 10.3 Å². The smallest absolute Gasteiger partial charge is 0.235 e. The van der Waals surface area contributed by atoms with Crippen LogP contribution in [0.4, 0.5) is 0 Å². The van der Waals surface area contributed by atoms with E-state index in [1.165, 1.54) is 0 Å². The van der Waals surface area contributed by atoms with Gasteiger partial charge in [0.15, 0.2) is 11.1 Å². The van der Waals surface area contributed by atoms with Crippen molar-refractivity contribution < 1.29 is 13.6 Å². The number of nitrogens with two attached hydrogens (primary N) is 1. The molecule has 0 radical (unpaired) electrons. The van der Waals surface area contributed by atoms with Crippen molar-refractivity contribution in [2.75, 3.05) is 0 Å². The molecule has 3 N–H and O–H groups in total. The second-order valence-electron chi connectivity index (χ2n) is 3.49. The van der Waals surface area contributed by atoms with Gasteiger partial charge in [-0.3, -0.25) is 4.79 Å². The summed E-state index contributed by atoms with van der Waals surface area (Å²) in [6, 6.07) is 0. The lowest BCUT2D eigenvalue weighted by atomic mass is 10.1. The summed E-state index contributed by atoms with van der Waals surface area (Å²) >= 11 is -2.12. The van der Waals surface area contributed by atoms with Crippen molar-refractivity contribution in [2.45, 2.75) is 38.4 Å². The highest BCUT2D eigenvalue weighted by Gasteiger charge is 2.20. The molecule has 0 rings (SSSR count). The lowest BCUT2D eigenvalue weighted by Crippen LogP contribution is -2.32. The van der Waals surface area contributed by atoms with Crippen molar-refractivity contribution in [3.05, 3.63) is 0 Å². The molecule has 0 bridgehead atoms. The summed E-state index contributed by atoms with van der Waals surface area (Å²) in [5.41, 5.74) is 4.96. The normalized spacial score (nSPS) is 15.7. The average Bonchev–Trinajstić information content (AvgIpc) is 1.95. The van der Waals surface area contributed by atoms with E-state index in [1.54, 1.807) is 0 Å². The van der Waals surface area contributed by atoms with Crippen molar-refractivity contribution >= 4 is 17.0 Å². The number of primary amides is 1. The van der Waals surface area contributed by atoms with Gasteiger partial charge in [0.2, 0.25) is 5.91 Å². The van der Waals surface area contributed by atoms with E-state index >= 15 is 0 Å². The van der Waals surface area contributed by atoms with Crippen LogP contribution in [0.3, 0.4) is 0 Å². The van der Waals surface area contributed by atoms with Crippen LogP contribution in [0.15, 0.2) is 0 Å². The molecule has 0 aromatic rings. The summed E-state index contributed by atoms with van der Waals surface area (Å²) in [4.78, 5) is 10.7. The van der Waals surface area contributed by atoms with E-state index in [4.69, 9.17) is 10.3 Å². The highest BCUT2D eigenvalue weighted by atomic mass is 32.2.